The third kappa shape index (κ3) is 3.76. The first-order valence-corrected chi connectivity index (χ1v) is 9.83. The van der Waals surface area contributed by atoms with Gasteiger partial charge in [0.15, 0.2) is 11.0 Å². The van der Waals surface area contributed by atoms with Gasteiger partial charge in [0.1, 0.15) is 4.91 Å². The zero-order chi connectivity index (χ0) is 21.0. The summed E-state index contributed by atoms with van der Waals surface area (Å²) in [5.74, 6) is -1.27. The molecule has 2 N–H and O–H groups in total. The lowest BCUT2D eigenvalue weighted by Gasteiger charge is -2.39. The number of thioether (sulfide) groups is 1. The molecular weight excluding hydrogens is 415 g/mol. The number of rotatable bonds is 1. The number of allylic oxidation sites excluding steroid dienone is 3. The Hall–Kier alpha value is -2.05. The van der Waals surface area contributed by atoms with Crippen molar-refractivity contribution < 1.29 is 37.9 Å². The minimum absolute atomic E-state index is 0.00893. The Morgan fingerprint density at radius 2 is 2.07 bits per heavy atom. The molecule has 1 atom stereocenters. The molecule has 4 rings (SSSR count). The number of aliphatic hydroxyl groups excluding tert-OH is 1. The fraction of sp³-hybridized carbons (Fsp3) is 0.588. The Morgan fingerprint density at radius 1 is 1.38 bits per heavy atom. The predicted octanol–water partition coefficient (Wildman–Crippen LogP) is 3.36. The molecule has 0 aromatic heterocycles. The van der Waals surface area contributed by atoms with Crippen molar-refractivity contribution in [1.82, 2.24) is 4.90 Å². The highest BCUT2D eigenvalue weighted by atomic mass is 32.2. The second-order valence-corrected chi connectivity index (χ2v) is 8.24. The molecule has 0 aromatic carbocycles. The van der Waals surface area contributed by atoms with Gasteiger partial charge < -0.3 is 19.5 Å². The van der Waals surface area contributed by atoms with Crippen molar-refractivity contribution in [2.45, 2.75) is 44.3 Å². The molecule has 1 aliphatic carbocycles. The van der Waals surface area contributed by atoms with Gasteiger partial charge >= 0.3 is 11.9 Å². The lowest BCUT2D eigenvalue weighted by atomic mass is 9.98. The largest absolute Gasteiger partial charge is 0.493 e. The Balaban J connectivity index is 1.61. The highest BCUT2D eigenvalue weighted by Gasteiger charge is 2.46. The maximum atomic E-state index is 13.1. The zero-order valence-corrected chi connectivity index (χ0v) is 16.2. The van der Waals surface area contributed by atoms with Crippen LogP contribution in [0, 0.1) is 4.91 Å². The van der Waals surface area contributed by atoms with Gasteiger partial charge in [-0.15, -0.1) is 0 Å². The second kappa shape index (κ2) is 7.03. The number of amidine groups is 1. The smallest absolute Gasteiger partial charge is 0.413 e. The number of likely N-dealkylation sites (tertiary alicyclic amines) is 1. The van der Waals surface area contributed by atoms with E-state index in [0.29, 0.717) is 37.7 Å². The molecule has 1 spiro atoms. The van der Waals surface area contributed by atoms with Crippen LogP contribution in [0.4, 0.5) is 13.2 Å². The van der Waals surface area contributed by atoms with Gasteiger partial charge in [-0.2, -0.15) is 18.2 Å². The van der Waals surface area contributed by atoms with Crippen molar-refractivity contribution in [2.75, 3.05) is 19.7 Å². The SMILES string of the molecule is C[C@H]1COC2(CCN(C3=NC(O)=C4C=C(C(F)(F)F)CC([N+](=O)O)=C4S3)CC2)O1. The number of aliphatic imine (C=N–C) groups is 1. The summed E-state index contributed by atoms with van der Waals surface area (Å²) in [6.07, 6.45) is -3.60. The lowest BCUT2D eigenvalue weighted by Crippen LogP contribution is -2.47. The predicted molar refractivity (Wildman–Crippen MR) is 95.9 cm³/mol. The molecule has 0 unspecified atom stereocenters. The standard InChI is InChI=1S/C17H18F3N3O5S/c1-9-8-27-16(28-9)2-4-22(5-3-16)15-21-14(24)11-6-10(17(18,19)20)7-12(23(25)26)13(11)29-15/h6,9H,2-5,7-8H2,1H3,(H-,24,25,26)/p+1/t9-/m0/s1. The molecule has 2 saturated heterocycles. The van der Waals surface area contributed by atoms with E-state index in [-0.39, 0.29) is 16.6 Å². The monoisotopic (exact) mass is 434 g/mol. The number of halogens is 3. The summed E-state index contributed by atoms with van der Waals surface area (Å²) in [6.45, 7) is 3.43. The summed E-state index contributed by atoms with van der Waals surface area (Å²) >= 11 is 0.949. The van der Waals surface area contributed by atoms with E-state index in [4.69, 9.17) is 9.47 Å². The molecule has 0 saturated carbocycles. The average molecular weight is 434 g/mol. The highest BCUT2D eigenvalue weighted by molar-refractivity contribution is 8.17. The van der Waals surface area contributed by atoms with Crippen molar-refractivity contribution >= 4 is 16.9 Å². The van der Waals surface area contributed by atoms with Crippen molar-refractivity contribution in [3.05, 3.63) is 38.6 Å². The quantitative estimate of drug-likeness (QED) is 0.611. The first kappa shape index (κ1) is 20.2. The first-order valence-electron chi connectivity index (χ1n) is 9.02. The van der Waals surface area contributed by atoms with Gasteiger partial charge in [-0.1, -0.05) is 0 Å². The molecule has 2 fully saturated rings. The van der Waals surface area contributed by atoms with Crippen LogP contribution in [-0.4, -0.2) is 63.1 Å². The van der Waals surface area contributed by atoms with Crippen LogP contribution in [0.15, 0.2) is 38.7 Å². The molecule has 8 nitrogen and oxygen atoms in total. The number of hydrogen-bond acceptors (Lipinski definition) is 7. The van der Waals surface area contributed by atoms with Crippen molar-refractivity contribution in [2.24, 2.45) is 4.99 Å². The van der Waals surface area contributed by atoms with Crippen LogP contribution in [0.2, 0.25) is 0 Å². The molecule has 158 valence electrons. The van der Waals surface area contributed by atoms with Gasteiger partial charge in [-0.3, -0.25) is 0 Å². The molecule has 0 aromatic rings. The molecule has 0 radical (unpaired) electrons. The molecule has 29 heavy (non-hydrogen) atoms. The molecule has 3 aliphatic heterocycles. The second-order valence-electron chi connectivity index (χ2n) is 7.26. The normalized spacial score (nSPS) is 27.2. The first-order chi connectivity index (χ1) is 13.6. The van der Waals surface area contributed by atoms with Gasteiger partial charge in [0.25, 0.3) is 4.92 Å². The molecule has 12 heteroatoms. The Kier molecular flexibility index (Phi) is 4.90. The lowest BCUT2D eigenvalue weighted by molar-refractivity contribution is -0.756. The average Bonchev–Trinajstić information content (AvgIpc) is 3.00. The van der Waals surface area contributed by atoms with E-state index in [0.717, 1.165) is 17.8 Å². The number of hydrogen-bond donors (Lipinski definition) is 2. The van der Waals surface area contributed by atoms with E-state index in [1.165, 1.54) is 0 Å². The number of ether oxygens (including phenoxy) is 2. The van der Waals surface area contributed by atoms with Crippen LogP contribution in [0.5, 0.6) is 0 Å². The molecular formula is C17H19F3N3O5S+. The topological polar surface area (TPSA) is 94.6 Å². The fourth-order valence-corrected chi connectivity index (χ4v) is 4.88. The number of piperidine rings is 1. The van der Waals surface area contributed by atoms with Crippen molar-refractivity contribution in [1.29, 1.82) is 0 Å². The minimum Gasteiger partial charge on any atom is -0.493 e. The van der Waals surface area contributed by atoms with E-state index < -0.39 is 40.5 Å². The van der Waals surface area contributed by atoms with E-state index in [1.54, 1.807) is 0 Å². The third-order valence-corrected chi connectivity index (χ3v) is 6.40. The van der Waals surface area contributed by atoms with Gasteiger partial charge in [0, 0.05) is 31.5 Å². The van der Waals surface area contributed by atoms with E-state index >= 15 is 0 Å². The van der Waals surface area contributed by atoms with Crippen LogP contribution in [0.3, 0.4) is 0 Å². The van der Waals surface area contributed by atoms with Crippen LogP contribution < -0.4 is 0 Å². The van der Waals surface area contributed by atoms with Gasteiger partial charge in [-0.25, -0.2) is 5.21 Å². The van der Waals surface area contributed by atoms with Crippen LogP contribution >= 0.6 is 11.8 Å². The van der Waals surface area contributed by atoms with Crippen molar-refractivity contribution in [3.63, 3.8) is 0 Å². The number of aliphatic hydroxyl groups is 1. The number of alkyl halides is 3. The highest BCUT2D eigenvalue weighted by Crippen LogP contribution is 2.46. The minimum atomic E-state index is -4.70. The van der Waals surface area contributed by atoms with Gasteiger partial charge in [0.2, 0.25) is 5.88 Å². The van der Waals surface area contributed by atoms with E-state index in [2.05, 4.69) is 4.99 Å². The summed E-state index contributed by atoms with van der Waals surface area (Å²) < 4.78 is 51.0. The summed E-state index contributed by atoms with van der Waals surface area (Å²) in [4.78, 5) is 16.9. The Labute approximate surface area is 167 Å². The van der Waals surface area contributed by atoms with Crippen molar-refractivity contribution in [3.8, 4) is 0 Å². The van der Waals surface area contributed by atoms with Crippen LogP contribution in [0.25, 0.3) is 0 Å². The molecule has 0 bridgehead atoms. The molecule has 4 aliphatic rings. The summed E-state index contributed by atoms with van der Waals surface area (Å²) in [7, 11) is 0. The van der Waals surface area contributed by atoms with Gasteiger partial charge in [-0.05, 0) is 24.8 Å². The summed E-state index contributed by atoms with van der Waals surface area (Å²) in [5.41, 5.74) is -1.76. The molecule has 0 amide bonds. The fourth-order valence-electron chi connectivity index (χ4n) is 3.73. The summed E-state index contributed by atoms with van der Waals surface area (Å²) in [5, 5.41) is 20.0. The maximum absolute atomic E-state index is 13.1. The number of nitrogens with zero attached hydrogens (tertiary/aromatic N) is 3. The Bertz CT molecular complexity index is 872. The maximum Gasteiger partial charge on any atom is 0.413 e. The van der Waals surface area contributed by atoms with Gasteiger partial charge in [0.05, 0.1) is 29.6 Å². The zero-order valence-electron chi connectivity index (χ0n) is 15.4. The van der Waals surface area contributed by atoms with E-state index in [1.807, 2.05) is 11.8 Å². The Morgan fingerprint density at radius 3 is 2.62 bits per heavy atom. The van der Waals surface area contributed by atoms with E-state index in [9.17, 15) is 28.4 Å². The summed E-state index contributed by atoms with van der Waals surface area (Å²) in [6, 6.07) is 0. The molecule has 3 heterocycles. The number of fused-ring (bicyclic) bond motifs is 1. The van der Waals surface area contributed by atoms with Crippen LogP contribution in [-0.2, 0) is 9.47 Å². The third-order valence-electron chi connectivity index (χ3n) is 5.21. The van der Waals surface area contributed by atoms with Crippen LogP contribution in [0.1, 0.15) is 26.2 Å².